The molecule has 0 aromatic carbocycles. The summed E-state index contributed by atoms with van der Waals surface area (Å²) >= 11 is 0. The van der Waals surface area contributed by atoms with E-state index < -0.39 is 7.95 Å². The molecule has 6 heavy (non-hydrogen) atoms. The van der Waals surface area contributed by atoms with Crippen LogP contribution in [0.3, 0.4) is 0 Å². The molecule has 34 valence electrons. The zero-order valence-electron chi connectivity index (χ0n) is 3.59. The highest BCUT2D eigenvalue weighted by molar-refractivity contribution is 7.45. The first-order chi connectivity index (χ1) is 2.77. The van der Waals surface area contributed by atoms with Crippen LogP contribution in [0.2, 0.25) is 0 Å². The molecule has 0 aromatic heterocycles. The van der Waals surface area contributed by atoms with Crippen molar-refractivity contribution in [3.05, 3.63) is 11.9 Å². The zero-order valence-corrected chi connectivity index (χ0v) is 4.48. The van der Waals surface area contributed by atoms with Crippen LogP contribution in [0.1, 0.15) is 6.92 Å². The molecular formula is C3H7NOP+. The maximum Gasteiger partial charge on any atom is 0.460 e. The summed E-state index contributed by atoms with van der Waals surface area (Å²) in [6.45, 7) is 1.78. The largest absolute Gasteiger partial charge is 0.460 e. The van der Waals surface area contributed by atoms with Gasteiger partial charge in [-0.25, -0.2) is 0 Å². The van der Waals surface area contributed by atoms with E-state index in [-0.39, 0.29) is 0 Å². The summed E-state index contributed by atoms with van der Waals surface area (Å²) in [5.41, 5.74) is 4.83. The molecule has 0 aliphatic rings. The van der Waals surface area contributed by atoms with E-state index in [1.807, 2.05) is 0 Å². The van der Waals surface area contributed by atoms with Crippen molar-refractivity contribution in [3.8, 4) is 0 Å². The topological polar surface area (TPSA) is 43.1 Å². The first-order valence-electron chi connectivity index (χ1n) is 1.61. The summed E-state index contributed by atoms with van der Waals surface area (Å²) in [6.07, 6.45) is 1.67. The van der Waals surface area contributed by atoms with Crippen molar-refractivity contribution < 1.29 is 4.57 Å². The van der Waals surface area contributed by atoms with Crippen LogP contribution in [0.5, 0.6) is 0 Å². The fourth-order valence-electron chi connectivity index (χ4n) is 0.147. The van der Waals surface area contributed by atoms with Crippen molar-refractivity contribution in [2.45, 2.75) is 6.92 Å². The average molecular weight is 104 g/mol. The van der Waals surface area contributed by atoms with Crippen molar-refractivity contribution in [2.24, 2.45) is 5.50 Å². The summed E-state index contributed by atoms with van der Waals surface area (Å²) in [5, 5.41) is 0. The maximum absolute atomic E-state index is 9.88. The van der Waals surface area contributed by atoms with Crippen LogP contribution in [0.4, 0.5) is 0 Å². The van der Waals surface area contributed by atoms with Crippen LogP contribution in [-0.4, -0.2) is 0 Å². The van der Waals surface area contributed by atoms with Gasteiger partial charge in [-0.1, -0.05) is 0 Å². The molecule has 1 unspecified atom stereocenters. The van der Waals surface area contributed by atoms with Crippen LogP contribution in [0, 0.1) is 0 Å². The molecule has 0 amide bonds. The van der Waals surface area contributed by atoms with Gasteiger partial charge in [0.1, 0.15) is 0 Å². The van der Waals surface area contributed by atoms with Crippen molar-refractivity contribution in [1.29, 1.82) is 0 Å². The minimum absolute atomic E-state index is 1.45. The van der Waals surface area contributed by atoms with Gasteiger partial charge in [-0.15, -0.1) is 5.50 Å². The fraction of sp³-hybridized carbons (Fsp3) is 0.333. The van der Waals surface area contributed by atoms with E-state index in [9.17, 15) is 4.57 Å². The van der Waals surface area contributed by atoms with Crippen LogP contribution >= 0.6 is 7.95 Å². The van der Waals surface area contributed by atoms with Crippen molar-refractivity contribution in [1.82, 2.24) is 0 Å². The Labute approximate surface area is 37.9 Å². The molecule has 0 saturated carbocycles. The Bertz CT molecular complexity index is 78.9. The van der Waals surface area contributed by atoms with Gasteiger partial charge in [-0.3, -0.25) is 0 Å². The smallest absolute Gasteiger partial charge is 0.117 e. The lowest BCUT2D eigenvalue weighted by molar-refractivity contribution is 0.593. The van der Waals surface area contributed by atoms with Crippen LogP contribution in [0.25, 0.3) is 0 Å². The maximum atomic E-state index is 9.88. The second-order valence-corrected chi connectivity index (χ2v) is 1.86. The van der Waals surface area contributed by atoms with Gasteiger partial charge in [0.25, 0.3) is 0 Å². The van der Waals surface area contributed by atoms with Gasteiger partial charge >= 0.3 is 7.95 Å². The Morgan fingerprint density at radius 2 is 2.33 bits per heavy atom. The summed E-state index contributed by atoms with van der Waals surface area (Å²) in [5.74, 6) is 1.45. The predicted molar refractivity (Wildman–Crippen MR) is 26.6 cm³/mol. The normalized spacial score (nSPS) is 12.7. The summed E-state index contributed by atoms with van der Waals surface area (Å²) in [6, 6.07) is 0. The molecule has 0 aliphatic carbocycles. The molecule has 0 aliphatic heterocycles. The van der Waals surface area contributed by atoms with Gasteiger partial charge in [0.15, 0.2) is 5.82 Å². The van der Waals surface area contributed by atoms with E-state index >= 15 is 0 Å². The molecule has 0 fully saturated rings. The van der Waals surface area contributed by atoms with Crippen molar-refractivity contribution in [3.63, 3.8) is 0 Å². The molecule has 0 aromatic rings. The number of hydrogen-bond acceptors (Lipinski definition) is 1. The summed E-state index contributed by atoms with van der Waals surface area (Å²) in [4.78, 5) is 0. The van der Waals surface area contributed by atoms with Gasteiger partial charge in [0, 0.05) is 0 Å². The van der Waals surface area contributed by atoms with Gasteiger partial charge in [0.05, 0.1) is 0 Å². The fourth-order valence-corrected chi connectivity index (χ4v) is 0.441. The third-order valence-corrected chi connectivity index (χ3v) is 0.888. The molecule has 0 rings (SSSR count). The molecule has 3 heteroatoms. The van der Waals surface area contributed by atoms with E-state index in [1.165, 1.54) is 5.82 Å². The first-order valence-corrected chi connectivity index (χ1v) is 3.01. The quantitative estimate of drug-likeness (QED) is 0.508. The van der Waals surface area contributed by atoms with Gasteiger partial charge in [-0.05, 0) is 17.6 Å². The molecule has 1 atom stereocenters. The second kappa shape index (κ2) is 3.01. The number of allylic oxidation sites excluding steroid dienone is 1. The van der Waals surface area contributed by atoms with Crippen molar-refractivity contribution in [2.75, 3.05) is 0 Å². The summed E-state index contributed by atoms with van der Waals surface area (Å²) < 4.78 is 9.88. The summed E-state index contributed by atoms with van der Waals surface area (Å²) in [7, 11) is -1.53. The number of hydrogen-bond donors (Lipinski definition) is 1. The lowest BCUT2D eigenvalue weighted by Crippen LogP contribution is -1.68. The Morgan fingerprint density at radius 3 is 2.33 bits per heavy atom. The standard InChI is InChI=1S/C3H7NOP/c1-2-3-6(4)5/h2-3H,1H3,(H2,4,5)/q+1. The molecule has 0 heterocycles. The lowest BCUT2D eigenvalue weighted by atomic mass is 10.8. The third-order valence-electron chi connectivity index (χ3n) is 0.296. The second-order valence-electron chi connectivity index (χ2n) is 0.842. The Kier molecular flexibility index (Phi) is 2.91. The highest BCUT2D eigenvalue weighted by atomic mass is 31.1. The molecule has 2 nitrogen and oxygen atoms in total. The van der Waals surface area contributed by atoms with Crippen LogP contribution in [-0.2, 0) is 4.57 Å². The average Bonchev–Trinajstić information content (AvgIpc) is 1.35. The Hall–Kier alpha value is -0.200. The van der Waals surface area contributed by atoms with E-state index in [0.29, 0.717) is 0 Å². The highest BCUT2D eigenvalue weighted by Gasteiger charge is 1.92. The molecule has 0 radical (unpaired) electrons. The first kappa shape index (κ1) is 5.80. The molecule has 2 N–H and O–H groups in total. The van der Waals surface area contributed by atoms with E-state index in [1.54, 1.807) is 13.0 Å². The van der Waals surface area contributed by atoms with Crippen LogP contribution < -0.4 is 5.50 Å². The van der Waals surface area contributed by atoms with Gasteiger partial charge in [-0.2, -0.15) is 0 Å². The molecule has 0 bridgehead atoms. The molecular weight excluding hydrogens is 97.0 g/mol. The number of rotatable bonds is 1. The van der Waals surface area contributed by atoms with E-state index in [0.717, 1.165) is 0 Å². The SMILES string of the molecule is CC=C[P+](N)=O. The predicted octanol–water partition coefficient (Wildman–Crippen LogP) is 1.22. The van der Waals surface area contributed by atoms with E-state index in [4.69, 9.17) is 5.50 Å². The minimum Gasteiger partial charge on any atom is -0.117 e. The Morgan fingerprint density at radius 1 is 1.83 bits per heavy atom. The highest BCUT2D eigenvalue weighted by Crippen LogP contribution is 2.06. The number of nitrogens with two attached hydrogens (primary N) is 1. The van der Waals surface area contributed by atoms with Gasteiger partial charge < -0.3 is 0 Å². The van der Waals surface area contributed by atoms with Crippen molar-refractivity contribution >= 4 is 7.95 Å². The molecule has 0 spiro atoms. The lowest BCUT2D eigenvalue weighted by Gasteiger charge is -1.52. The van der Waals surface area contributed by atoms with E-state index in [2.05, 4.69) is 0 Å². The Balaban J connectivity index is 3.30. The van der Waals surface area contributed by atoms with Gasteiger partial charge in [0.2, 0.25) is 0 Å². The van der Waals surface area contributed by atoms with Crippen LogP contribution in [0.15, 0.2) is 11.9 Å². The molecule has 0 saturated heterocycles. The monoisotopic (exact) mass is 104 g/mol. The minimum atomic E-state index is -1.53. The zero-order chi connectivity index (χ0) is 4.99. The third kappa shape index (κ3) is 3.80.